The van der Waals surface area contributed by atoms with Gasteiger partial charge in [0.25, 0.3) is 0 Å². The van der Waals surface area contributed by atoms with Crippen LogP contribution in [0.2, 0.25) is 0 Å². The molecule has 2 N–H and O–H groups in total. The summed E-state index contributed by atoms with van der Waals surface area (Å²) in [5, 5.41) is 6.46. The third kappa shape index (κ3) is 7.30. The van der Waals surface area contributed by atoms with E-state index in [1.807, 2.05) is 6.92 Å². The van der Waals surface area contributed by atoms with Crippen molar-refractivity contribution in [2.45, 2.75) is 38.5 Å². The number of guanidine groups is 1. The molecule has 0 saturated heterocycles. The minimum Gasteiger partial charge on any atom is -0.357 e. The lowest BCUT2D eigenvalue weighted by atomic mass is 10.1. The van der Waals surface area contributed by atoms with E-state index >= 15 is 0 Å². The first-order valence-electron chi connectivity index (χ1n) is 8.66. The van der Waals surface area contributed by atoms with Crippen LogP contribution in [-0.2, 0) is 12.7 Å². The Balaban J connectivity index is 0.00000338. The van der Waals surface area contributed by atoms with Crippen molar-refractivity contribution in [2.24, 2.45) is 10.9 Å². The van der Waals surface area contributed by atoms with Crippen molar-refractivity contribution in [2.75, 3.05) is 27.2 Å². The van der Waals surface area contributed by atoms with Crippen molar-refractivity contribution in [1.82, 2.24) is 15.5 Å². The number of likely N-dealkylation sites (N-methyl/N-ethyl adjacent to an activating group) is 1. The first-order valence-corrected chi connectivity index (χ1v) is 8.66. The fourth-order valence-electron chi connectivity index (χ4n) is 2.81. The van der Waals surface area contributed by atoms with Gasteiger partial charge in [-0.2, -0.15) is 13.2 Å². The molecule has 1 saturated carbocycles. The number of nitrogens with one attached hydrogen (secondary N) is 2. The summed E-state index contributed by atoms with van der Waals surface area (Å²) >= 11 is 0. The molecule has 1 fully saturated rings. The fraction of sp³-hybridized carbons (Fsp3) is 0.611. The van der Waals surface area contributed by atoms with Gasteiger partial charge in [-0.05, 0) is 57.5 Å². The van der Waals surface area contributed by atoms with Crippen LogP contribution < -0.4 is 10.6 Å². The van der Waals surface area contributed by atoms with E-state index in [-0.39, 0.29) is 30.5 Å². The van der Waals surface area contributed by atoms with Crippen LogP contribution in [0.25, 0.3) is 0 Å². The van der Waals surface area contributed by atoms with E-state index in [4.69, 9.17) is 0 Å². The summed E-state index contributed by atoms with van der Waals surface area (Å²) < 4.78 is 38.4. The third-order valence-corrected chi connectivity index (χ3v) is 4.33. The van der Waals surface area contributed by atoms with Gasteiger partial charge in [0.05, 0.1) is 12.1 Å². The summed E-state index contributed by atoms with van der Waals surface area (Å²) in [7, 11) is 4.13. The van der Waals surface area contributed by atoms with Gasteiger partial charge in [0.2, 0.25) is 0 Å². The highest BCUT2D eigenvalue weighted by atomic mass is 127. The molecule has 2 rings (SSSR count). The zero-order valence-corrected chi connectivity index (χ0v) is 17.8. The first kappa shape index (κ1) is 23.0. The lowest BCUT2D eigenvalue weighted by molar-refractivity contribution is -0.137. The molecule has 0 aliphatic heterocycles. The van der Waals surface area contributed by atoms with Crippen LogP contribution in [0.3, 0.4) is 0 Å². The Hall–Kier alpha value is -1.03. The zero-order chi connectivity index (χ0) is 18.4. The molecule has 0 spiro atoms. The topological polar surface area (TPSA) is 39.7 Å². The molecule has 1 atom stereocenters. The van der Waals surface area contributed by atoms with E-state index in [9.17, 15) is 13.2 Å². The summed E-state index contributed by atoms with van der Waals surface area (Å²) in [5.74, 6) is 1.35. The van der Waals surface area contributed by atoms with Gasteiger partial charge < -0.3 is 15.5 Å². The van der Waals surface area contributed by atoms with Gasteiger partial charge in [0, 0.05) is 19.1 Å². The van der Waals surface area contributed by atoms with Gasteiger partial charge in [-0.1, -0.05) is 12.1 Å². The highest BCUT2D eigenvalue weighted by molar-refractivity contribution is 14.0. The van der Waals surface area contributed by atoms with Crippen molar-refractivity contribution in [3.05, 3.63) is 35.4 Å². The molecular weight excluding hydrogens is 456 g/mol. The normalized spacial score (nSPS) is 16.2. The van der Waals surface area contributed by atoms with Crippen LogP contribution >= 0.6 is 24.0 Å². The summed E-state index contributed by atoms with van der Waals surface area (Å²) in [6, 6.07) is 5.75. The molecular formula is C18H28F3IN4. The van der Waals surface area contributed by atoms with Gasteiger partial charge in [-0.15, -0.1) is 24.0 Å². The monoisotopic (exact) mass is 484 g/mol. The van der Waals surface area contributed by atoms with Gasteiger partial charge in [-0.25, -0.2) is 4.99 Å². The molecule has 1 aliphatic rings. The molecule has 0 heterocycles. The molecule has 0 radical (unpaired) electrons. The van der Waals surface area contributed by atoms with Crippen LogP contribution in [0.15, 0.2) is 29.3 Å². The predicted molar refractivity (Wildman–Crippen MR) is 110 cm³/mol. The average Bonchev–Trinajstić information content (AvgIpc) is 3.36. The summed E-state index contributed by atoms with van der Waals surface area (Å²) in [6.07, 6.45) is -1.82. The Morgan fingerprint density at radius 3 is 2.50 bits per heavy atom. The molecule has 0 bridgehead atoms. The third-order valence-electron chi connectivity index (χ3n) is 4.33. The van der Waals surface area contributed by atoms with Crippen LogP contribution in [0.1, 0.15) is 30.9 Å². The molecule has 26 heavy (non-hydrogen) atoms. The van der Waals surface area contributed by atoms with Crippen molar-refractivity contribution in [1.29, 1.82) is 0 Å². The smallest absolute Gasteiger partial charge is 0.357 e. The largest absolute Gasteiger partial charge is 0.416 e. The fourth-order valence-corrected chi connectivity index (χ4v) is 2.81. The molecule has 148 valence electrons. The minimum absolute atomic E-state index is 0. The molecule has 0 aromatic heterocycles. The second kappa shape index (κ2) is 10.3. The number of alkyl halides is 3. The zero-order valence-electron chi connectivity index (χ0n) is 15.4. The average molecular weight is 484 g/mol. The molecule has 0 amide bonds. The Bertz CT molecular complexity index is 584. The Morgan fingerprint density at radius 2 is 1.96 bits per heavy atom. The summed E-state index contributed by atoms with van der Waals surface area (Å²) in [4.78, 5) is 6.64. The molecule has 1 aromatic rings. The van der Waals surface area contributed by atoms with E-state index in [1.54, 1.807) is 6.07 Å². The molecule has 1 aromatic carbocycles. The van der Waals surface area contributed by atoms with Gasteiger partial charge in [0.15, 0.2) is 5.96 Å². The van der Waals surface area contributed by atoms with Crippen molar-refractivity contribution < 1.29 is 13.2 Å². The Labute approximate surface area is 170 Å². The predicted octanol–water partition coefficient (Wildman–Crippen LogP) is 3.72. The van der Waals surface area contributed by atoms with E-state index in [0.29, 0.717) is 30.0 Å². The maximum Gasteiger partial charge on any atom is 0.416 e. The number of nitrogens with zero attached hydrogens (tertiary/aromatic N) is 2. The van der Waals surface area contributed by atoms with Gasteiger partial charge in [0.1, 0.15) is 0 Å². The molecule has 1 unspecified atom stereocenters. The maximum absolute atomic E-state index is 12.8. The van der Waals surface area contributed by atoms with Gasteiger partial charge >= 0.3 is 6.18 Å². The van der Waals surface area contributed by atoms with Crippen molar-refractivity contribution in [3.63, 3.8) is 0 Å². The SMILES string of the molecule is CCNC(=NCc1cccc(C(F)(F)F)c1)NCC(C1CC1)N(C)C.I. The second-order valence-electron chi connectivity index (χ2n) is 6.64. The highest BCUT2D eigenvalue weighted by Crippen LogP contribution is 2.34. The second-order valence-corrected chi connectivity index (χ2v) is 6.64. The van der Waals surface area contributed by atoms with Crippen LogP contribution in [0, 0.1) is 5.92 Å². The Kier molecular flexibility index (Phi) is 9.15. The van der Waals surface area contributed by atoms with E-state index < -0.39 is 11.7 Å². The number of benzene rings is 1. The maximum atomic E-state index is 12.8. The number of rotatable bonds is 7. The van der Waals surface area contributed by atoms with Crippen molar-refractivity contribution >= 4 is 29.9 Å². The Morgan fingerprint density at radius 1 is 1.27 bits per heavy atom. The number of aliphatic imine (C=N–C) groups is 1. The standard InChI is InChI=1S/C18H27F3N4.HI/c1-4-22-17(24-12-16(25(2)3)14-8-9-14)23-11-13-6-5-7-15(10-13)18(19,20)21;/h5-7,10,14,16H,4,8-9,11-12H2,1-3H3,(H2,22,23,24);1H. The van der Waals surface area contributed by atoms with E-state index in [1.165, 1.54) is 18.9 Å². The van der Waals surface area contributed by atoms with Crippen LogP contribution in [0.4, 0.5) is 13.2 Å². The molecule has 8 heteroatoms. The van der Waals surface area contributed by atoms with Crippen molar-refractivity contribution in [3.8, 4) is 0 Å². The van der Waals surface area contributed by atoms with E-state index in [2.05, 4.69) is 34.6 Å². The minimum atomic E-state index is -4.33. The number of hydrogen-bond acceptors (Lipinski definition) is 2. The summed E-state index contributed by atoms with van der Waals surface area (Å²) in [6.45, 7) is 3.64. The highest BCUT2D eigenvalue weighted by Gasteiger charge is 2.32. The van der Waals surface area contributed by atoms with Crippen LogP contribution in [-0.4, -0.2) is 44.1 Å². The summed E-state index contributed by atoms with van der Waals surface area (Å²) in [5.41, 5.74) is -0.0991. The first-order chi connectivity index (χ1) is 11.8. The quantitative estimate of drug-likeness (QED) is 0.352. The molecule has 4 nitrogen and oxygen atoms in total. The lowest BCUT2D eigenvalue weighted by Gasteiger charge is -2.25. The lowest BCUT2D eigenvalue weighted by Crippen LogP contribution is -2.46. The number of hydrogen-bond donors (Lipinski definition) is 2. The molecule has 1 aliphatic carbocycles. The van der Waals surface area contributed by atoms with E-state index in [0.717, 1.165) is 18.7 Å². The van der Waals surface area contributed by atoms with Crippen LogP contribution in [0.5, 0.6) is 0 Å². The van der Waals surface area contributed by atoms with Gasteiger partial charge in [-0.3, -0.25) is 0 Å². The number of halogens is 4.